The first-order valence-electron chi connectivity index (χ1n) is 5.77. The lowest BCUT2D eigenvalue weighted by molar-refractivity contribution is 0.572. The molecule has 1 nitrogen and oxygen atoms in total. The first-order valence-corrected chi connectivity index (χ1v) is 7.47. The van der Waals surface area contributed by atoms with Crippen molar-refractivity contribution in [2.75, 3.05) is 7.05 Å². The monoisotopic (exact) mass is 295 g/mol. The molecule has 3 rings (SSSR count). The predicted octanol–water partition coefficient (Wildman–Crippen LogP) is 4.55. The molecular formula is C14H11F2NS2. The maximum Gasteiger partial charge on any atom is 0.126 e. The first-order chi connectivity index (χ1) is 9.17. The molecule has 19 heavy (non-hydrogen) atoms. The quantitative estimate of drug-likeness (QED) is 0.747. The van der Waals surface area contributed by atoms with Gasteiger partial charge in [-0.2, -0.15) is 0 Å². The summed E-state index contributed by atoms with van der Waals surface area (Å²) in [7, 11) is 1.79. The Labute approximate surface area is 117 Å². The lowest BCUT2D eigenvalue weighted by Crippen LogP contribution is -2.16. The zero-order valence-corrected chi connectivity index (χ0v) is 11.7. The van der Waals surface area contributed by atoms with Crippen LogP contribution in [-0.2, 0) is 0 Å². The molecule has 1 atom stereocenters. The van der Waals surface area contributed by atoms with Gasteiger partial charge in [0.2, 0.25) is 0 Å². The molecule has 1 aromatic carbocycles. The van der Waals surface area contributed by atoms with E-state index in [1.165, 1.54) is 21.5 Å². The summed E-state index contributed by atoms with van der Waals surface area (Å²) in [4.78, 5) is 1.06. The zero-order valence-electron chi connectivity index (χ0n) is 10.1. The summed E-state index contributed by atoms with van der Waals surface area (Å²) in [6, 6.07) is 7.59. The second-order valence-electron chi connectivity index (χ2n) is 4.22. The second-order valence-corrected chi connectivity index (χ2v) is 6.29. The summed E-state index contributed by atoms with van der Waals surface area (Å²) >= 11 is 3.32. The average Bonchev–Trinajstić information content (AvgIpc) is 2.89. The van der Waals surface area contributed by atoms with Crippen LogP contribution < -0.4 is 5.32 Å². The van der Waals surface area contributed by atoms with Gasteiger partial charge >= 0.3 is 0 Å². The largest absolute Gasteiger partial charge is 0.309 e. The van der Waals surface area contributed by atoms with E-state index in [0.29, 0.717) is 5.56 Å². The molecule has 0 saturated heterocycles. The molecule has 0 fully saturated rings. The van der Waals surface area contributed by atoms with Gasteiger partial charge in [-0.3, -0.25) is 0 Å². The Morgan fingerprint density at radius 3 is 2.42 bits per heavy atom. The highest BCUT2D eigenvalue weighted by atomic mass is 32.1. The number of fused-ring (bicyclic) bond motifs is 1. The molecule has 3 aromatic rings. The summed E-state index contributed by atoms with van der Waals surface area (Å²) in [6.07, 6.45) is 0. The lowest BCUT2D eigenvalue weighted by Gasteiger charge is -2.15. The van der Waals surface area contributed by atoms with Crippen LogP contribution in [0.4, 0.5) is 8.78 Å². The maximum atomic E-state index is 13.3. The minimum absolute atomic E-state index is 0.185. The summed E-state index contributed by atoms with van der Waals surface area (Å²) in [5.41, 5.74) is 0.605. The van der Waals surface area contributed by atoms with Crippen LogP contribution in [0.2, 0.25) is 0 Å². The van der Waals surface area contributed by atoms with Crippen LogP contribution in [0.3, 0.4) is 0 Å². The van der Waals surface area contributed by atoms with Crippen molar-refractivity contribution in [1.29, 1.82) is 0 Å². The number of hydrogen-bond acceptors (Lipinski definition) is 3. The van der Waals surface area contributed by atoms with Gasteiger partial charge in [0, 0.05) is 20.3 Å². The van der Waals surface area contributed by atoms with E-state index in [1.807, 2.05) is 5.38 Å². The zero-order chi connectivity index (χ0) is 13.4. The van der Waals surface area contributed by atoms with Crippen molar-refractivity contribution in [3.05, 3.63) is 57.8 Å². The van der Waals surface area contributed by atoms with Crippen molar-refractivity contribution in [3.8, 4) is 0 Å². The van der Waals surface area contributed by atoms with Crippen LogP contribution in [0.15, 0.2) is 35.7 Å². The molecule has 0 aliphatic heterocycles. The molecule has 2 heterocycles. The van der Waals surface area contributed by atoms with Crippen LogP contribution >= 0.6 is 22.7 Å². The fraction of sp³-hybridized carbons (Fsp3) is 0.143. The summed E-state index contributed by atoms with van der Waals surface area (Å²) in [6.45, 7) is 0. The van der Waals surface area contributed by atoms with E-state index in [4.69, 9.17) is 0 Å². The lowest BCUT2D eigenvalue weighted by atomic mass is 10.1. The fourth-order valence-electron chi connectivity index (χ4n) is 2.14. The normalized spacial score (nSPS) is 13.0. The topological polar surface area (TPSA) is 12.0 Å². The van der Waals surface area contributed by atoms with Crippen molar-refractivity contribution in [2.24, 2.45) is 0 Å². The second kappa shape index (κ2) is 5.00. The standard InChI is InChI=1S/C14H11F2NS2/c1-17-14(8-4-9(15)6-10(16)5-8)13-7-12-11(19-13)2-3-18-12/h2-7,14,17H,1H3. The summed E-state index contributed by atoms with van der Waals surface area (Å²) < 4.78 is 29.1. The van der Waals surface area contributed by atoms with Crippen LogP contribution in [0.5, 0.6) is 0 Å². The highest BCUT2D eigenvalue weighted by Gasteiger charge is 2.17. The van der Waals surface area contributed by atoms with E-state index in [9.17, 15) is 8.78 Å². The smallest absolute Gasteiger partial charge is 0.126 e. The molecule has 0 bridgehead atoms. The molecule has 98 valence electrons. The third-order valence-corrected chi connectivity index (χ3v) is 5.11. The third kappa shape index (κ3) is 2.41. The van der Waals surface area contributed by atoms with Gasteiger partial charge in [-0.25, -0.2) is 8.78 Å². The van der Waals surface area contributed by atoms with Crippen molar-refractivity contribution in [1.82, 2.24) is 5.32 Å². The summed E-state index contributed by atoms with van der Waals surface area (Å²) in [5, 5.41) is 5.16. The average molecular weight is 295 g/mol. The first kappa shape index (κ1) is 12.7. The fourth-order valence-corrected chi connectivity index (χ4v) is 4.40. The van der Waals surface area contributed by atoms with Gasteiger partial charge in [-0.05, 0) is 42.3 Å². The maximum absolute atomic E-state index is 13.3. The minimum Gasteiger partial charge on any atom is -0.309 e. The van der Waals surface area contributed by atoms with E-state index in [-0.39, 0.29) is 6.04 Å². The molecule has 0 radical (unpaired) electrons. The SMILES string of the molecule is CNC(c1cc(F)cc(F)c1)c1cc2sccc2s1. The Morgan fingerprint density at radius 2 is 1.79 bits per heavy atom. The van der Waals surface area contributed by atoms with Gasteiger partial charge < -0.3 is 5.32 Å². The van der Waals surface area contributed by atoms with Crippen LogP contribution in [0.1, 0.15) is 16.5 Å². The van der Waals surface area contributed by atoms with E-state index >= 15 is 0 Å². The molecule has 0 amide bonds. The van der Waals surface area contributed by atoms with E-state index < -0.39 is 11.6 Å². The molecule has 0 spiro atoms. The van der Waals surface area contributed by atoms with Crippen LogP contribution in [0.25, 0.3) is 9.40 Å². The minimum atomic E-state index is -0.548. The van der Waals surface area contributed by atoms with Crippen molar-refractivity contribution >= 4 is 32.1 Å². The van der Waals surface area contributed by atoms with Gasteiger partial charge in [0.05, 0.1) is 6.04 Å². The van der Waals surface area contributed by atoms with E-state index in [1.54, 1.807) is 29.7 Å². The van der Waals surface area contributed by atoms with E-state index in [2.05, 4.69) is 17.4 Å². The van der Waals surface area contributed by atoms with Gasteiger partial charge in [0.15, 0.2) is 0 Å². The highest BCUT2D eigenvalue weighted by Crippen LogP contribution is 2.35. The Bertz CT molecular complexity index is 668. The Hall–Kier alpha value is -1.30. The molecule has 5 heteroatoms. The van der Waals surface area contributed by atoms with E-state index in [0.717, 1.165) is 10.9 Å². The molecular weight excluding hydrogens is 284 g/mol. The molecule has 1 unspecified atom stereocenters. The van der Waals surface area contributed by atoms with Crippen molar-refractivity contribution in [3.63, 3.8) is 0 Å². The Morgan fingerprint density at radius 1 is 1.05 bits per heavy atom. The third-order valence-electron chi connectivity index (χ3n) is 2.95. The number of halogens is 2. The number of rotatable bonds is 3. The van der Waals surface area contributed by atoms with Gasteiger partial charge in [0.1, 0.15) is 11.6 Å². The number of benzene rings is 1. The Kier molecular flexibility index (Phi) is 3.35. The van der Waals surface area contributed by atoms with Gasteiger partial charge in [0.25, 0.3) is 0 Å². The molecule has 0 saturated carbocycles. The summed E-state index contributed by atoms with van der Waals surface area (Å²) in [5.74, 6) is -1.10. The Balaban J connectivity index is 2.06. The molecule has 1 N–H and O–H groups in total. The highest BCUT2D eigenvalue weighted by molar-refractivity contribution is 7.27. The van der Waals surface area contributed by atoms with Crippen LogP contribution in [-0.4, -0.2) is 7.05 Å². The van der Waals surface area contributed by atoms with Crippen molar-refractivity contribution < 1.29 is 8.78 Å². The predicted molar refractivity (Wildman–Crippen MR) is 77.0 cm³/mol. The van der Waals surface area contributed by atoms with Gasteiger partial charge in [-0.15, -0.1) is 22.7 Å². The van der Waals surface area contributed by atoms with Crippen LogP contribution in [0, 0.1) is 11.6 Å². The number of hydrogen-bond donors (Lipinski definition) is 1. The molecule has 2 aromatic heterocycles. The number of thiophene rings is 2. The molecule has 0 aliphatic carbocycles. The molecule has 0 aliphatic rings. The van der Waals surface area contributed by atoms with Crippen molar-refractivity contribution in [2.45, 2.75) is 6.04 Å². The number of nitrogens with one attached hydrogen (secondary N) is 1. The van der Waals surface area contributed by atoms with Gasteiger partial charge in [-0.1, -0.05) is 0 Å².